The predicted octanol–water partition coefficient (Wildman–Crippen LogP) is 3.52. The summed E-state index contributed by atoms with van der Waals surface area (Å²) in [4.78, 5) is 2.64. The molecule has 1 fully saturated rings. The smallest absolute Gasteiger partial charge is 0.0105 e. The van der Waals surface area contributed by atoms with Crippen molar-refractivity contribution < 1.29 is 0 Å². The van der Waals surface area contributed by atoms with E-state index in [9.17, 15) is 0 Å². The molecule has 1 saturated carbocycles. The molecule has 0 heterocycles. The van der Waals surface area contributed by atoms with Crippen LogP contribution in [-0.2, 0) is 0 Å². The summed E-state index contributed by atoms with van der Waals surface area (Å²) in [7, 11) is 2.33. The zero-order valence-electron chi connectivity index (χ0n) is 13.2. The molecule has 0 aromatic heterocycles. The van der Waals surface area contributed by atoms with Crippen molar-refractivity contribution in [1.82, 2.24) is 10.2 Å². The topological polar surface area (TPSA) is 15.3 Å². The Balaban J connectivity index is 2.32. The fourth-order valence-corrected chi connectivity index (χ4v) is 3.06. The lowest BCUT2D eigenvalue weighted by Crippen LogP contribution is -2.45. The zero-order chi connectivity index (χ0) is 13.5. The van der Waals surface area contributed by atoms with Crippen molar-refractivity contribution in [3.8, 4) is 0 Å². The van der Waals surface area contributed by atoms with Gasteiger partial charge in [0.15, 0.2) is 0 Å². The number of nitrogens with one attached hydrogen (secondary N) is 1. The molecule has 0 bridgehead atoms. The molecule has 0 saturated heterocycles. The van der Waals surface area contributed by atoms with E-state index < -0.39 is 0 Å². The van der Waals surface area contributed by atoms with Crippen LogP contribution in [0.4, 0.5) is 0 Å². The summed E-state index contributed by atoms with van der Waals surface area (Å²) in [6, 6.07) is 1.51. The quantitative estimate of drug-likeness (QED) is 0.699. The van der Waals surface area contributed by atoms with Gasteiger partial charge in [0.25, 0.3) is 0 Å². The monoisotopic (exact) mass is 254 g/mol. The molecule has 1 aliphatic rings. The molecule has 0 aromatic carbocycles. The van der Waals surface area contributed by atoms with E-state index >= 15 is 0 Å². The molecule has 18 heavy (non-hydrogen) atoms. The van der Waals surface area contributed by atoms with E-state index in [-0.39, 0.29) is 0 Å². The van der Waals surface area contributed by atoms with Crippen LogP contribution in [0.3, 0.4) is 0 Å². The van der Waals surface area contributed by atoms with Gasteiger partial charge in [0.1, 0.15) is 0 Å². The first-order valence-electron chi connectivity index (χ1n) is 7.98. The van der Waals surface area contributed by atoms with Gasteiger partial charge in [-0.25, -0.2) is 0 Å². The summed E-state index contributed by atoms with van der Waals surface area (Å²) in [5.41, 5.74) is 0. The van der Waals surface area contributed by atoms with Gasteiger partial charge in [0.05, 0.1) is 0 Å². The lowest BCUT2D eigenvalue weighted by Gasteiger charge is -2.39. The summed E-state index contributed by atoms with van der Waals surface area (Å²) >= 11 is 0. The van der Waals surface area contributed by atoms with Crippen LogP contribution in [-0.4, -0.2) is 37.1 Å². The van der Waals surface area contributed by atoms with Gasteiger partial charge < -0.3 is 10.2 Å². The Kier molecular flexibility index (Phi) is 7.25. The fourth-order valence-electron chi connectivity index (χ4n) is 3.06. The third-order valence-electron chi connectivity index (χ3n) is 4.92. The van der Waals surface area contributed by atoms with Crippen LogP contribution in [0, 0.1) is 11.8 Å². The van der Waals surface area contributed by atoms with Crippen molar-refractivity contribution in [2.75, 3.05) is 20.1 Å². The largest absolute Gasteiger partial charge is 0.316 e. The molecule has 2 heteroatoms. The first kappa shape index (κ1) is 16.0. The van der Waals surface area contributed by atoms with Gasteiger partial charge in [-0.3, -0.25) is 0 Å². The summed E-state index contributed by atoms with van der Waals surface area (Å²) < 4.78 is 0. The molecule has 1 N–H and O–H groups in total. The Morgan fingerprint density at radius 2 is 1.78 bits per heavy atom. The van der Waals surface area contributed by atoms with Crippen molar-refractivity contribution in [3.05, 3.63) is 0 Å². The summed E-state index contributed by atoms with van der Waals surface area (Å²) in [5, 5.41) is 3.55. The predicted molar refractivity (Wildman–Crippen MR) is 81.0 cm³/mol. The Bertz CT molecular complexity index is 209. The van der Waals surface area contributed by atoms with E-state index in [1.54, 1.807) is 0 Å². The van der Waals surface area contributed by atoms with Crippen LogP contribution in [0.1, 0.15) is 59.8 Å². The van der Waals surface area contributed by atoms with E-state index in [1.807, 2.05) is 0 Å². The normalized spacial score (nSPS) is 28.3. The minimum absolute atomic E-state index is 0.688. The molecule has 1 aliphatic carbocycles. The van der Waals surface area contributed by atoms with Crippen molar-refractivity contribution in [2.24, 2.45) is 11.8 Å². The molecule has 0 amide bonds. The molecule has 0 spiro atoms. The Hall–Kier alpha value is -0.0800. The molecule has 2 unspecified atom stereocenters. The second kappa shape index (κ2) is 8.16. The lowest BCUT2D eigenvalue weighted by molar-refractivity contribution is 0.102. The molecule has 2 nitrogen and oxygen atoms in total. The van der Waals surface area contributed by atoms with E-state index in [4.69, 9.17) is 0 Å². The van der Waals surface area contributed by atoms with Crippen LogP contribution in [0.25, 0.3) is 0 Å². The van der Waals surface area contributed by atoms with Gasteiger partial charge in [0.2, 0.25) is 0 Å². The average molecular weight is 254 g/mol. The Labute approximate surface area is 115 Å². The molecular formula is C16H34N2. The van der Waals surface area contributed by atoms with Crippen molar-refractivity contribution in [3.63, 3.8) is 0 Å². The van der Waals surface area contributed by atoms with Gasteiger partial charge in [-0.2, -0.15) is 0 Å². The summed E-state index contributed by atoms with van der Waals surface area (Å²) in [5.74, 6) is 1.69. The zero-order valence-corrected chi connectivity index (χ0v) is 13.2. The average Bonchev–Trinajstić information content (AvgIpc) is 2.38. The van der Waals surface area contributed by atoms with E-state index in [2.05, 4.69) is 45.0 Å². The van der Waals surface area contributed by atoms with E-state index in [1.165, 1.54) is 32.1 Å². The van der Waals surface area contributed by atoms with Crippen molar-refractivity contribution >= 4 is 0 Å². The molecule has 108 valence electrons. The van der Waals surface area contributed by atoms with E-state index in [0.29, 0.717) is 6.04 Å². The number of hydrogen-bond acceptors (Lipinski definition) is 2. The maximum absolute atomic E-state index is 3.55. The highest BCUT2D eigenvalue weighted by molar-refractivity contribution is 4.82. The van der Waals surface area contributed by atoms with Crippen LogP contribution < -0.4 is 5.32 Å². The Morgan fingerprint density at radius 1 is 1.17 bits per heavy atom. The Morgan fingerprint density at radius 3 is 2.33 bits per heavy atom. The SMILES string of the molecule is CCCNCC(C)C(C)N(C)C1CCC(C)CC1. The minimum atomic E-state index is 0.688. The van der Waals surface area contributed by atoms with E-state index in [0.717, 1.165) is 31.0 Å². The number of hydrogen-bond donors (Lipinski definition) is 1. The summed E-state index contributed by atoms with van der Waals surface area (Å²) in [6.07, 6.45) is 6.88. The fraction of sp³-hybridized carbons (Fsp3) is 1.00. The molecule has 2 atom stereocenters. The van der Waals surface area contributed by atoms with Crippen LogP contribution in [0.15, 0.2) is 0 Å². The van der Waals surface area contributed by atoms with Gasteiger partial charge in [-0.15, -0.1) is 0 Å². The molecule has 0 radical (unpaired) electrons. The number of nitrogens with zero attached hydrogens (tertiary/aromatic N) is 1. The standard InChI is InChI=1S/C16H34N2/c1-6-11-17-12-14(3)15(4)18(5)16-9-7-13(2)8-10-16/h13-17H,6-12H2,1-5H3. The molecule has 0 aliphatic heterocycles. The minimum Gasteiger partial charge on any atom is -0.316 e. The first-order valence-corrected chi connectivity index (χ1v) is 7.98. The summed E-state index contributed by atoms with van der Waals surface area (Å²) in [6.45, 7) is 11.7. The van der Waals surface area contributed by atoms with Gasteiger partial charge in [-0.1, -0.05) is 20.8 Å². The van der Waals surface area contributed by atoms with Crippen molar-refractivity contribution in [2.45, 2.75) is 71.9 Å². The van der Waals surface area contributed by atoms with Gasteiger partial charge >= 0.3 is 0 Å². The molecule has 0 aromatic rings. The third kappa shape index (κ3) is 4.89. The lowest BCUT2D eigenvalue weighted by atomic mass is 9.85. The van der Waals surface area contributed by atoms with Gasteiger partial charge in [0, 0.05) is 12.1 Å². The second-order valence-corrected chi connectivity index (χ2v) is 6.50. The highest BCUT2D eigenvalue weighted by Crippen LogP contribution is 2.28. The molecule has 1 rings (SSSR count). The highest BCUT2D eigenvalue weighted by Gasteiger charge is 2.26. The maximum atomic E-state index is 3.55. The van der Waals surface area contributed by atoms with Crippen LogP contribution in [0.5, 0.6) is 0 Å². The number of rotatable bonds is 7. The third-order valence-corrected chi connectivity index (χ3v) is 4.92. The van der Waals surface area contributed by atoms with Crippen LogP contribution in [0.2, 0.25) is 0 Å². The molecular weight excluding hydrogens is 220 g/mol. The first-order chi connectivity index (χ1) is 8.56. The van der Waals surface area contributed by atoms with Gasteiger partial charge in [-0.05, 0) is 71.0 Å². The van der Waals surface area contributed by atoms with Crippen molar-refractivity contribution in [1.29, 1.82) is 0 Å². The highest BCUT2D eigenvalue weighted by atomic mass is 15.2. The maximum Gasteiger partial charge on any atom is 0.0105 e. The van der Waals surface area contributed by atoms with Crippen LogP contribution >= 0.6 is 0 Å². The second-order valence-electron chi connectivity index (χ2n) is 6.50.